The number of carbonyl (C=O) groups is 1. The van der Waals surface area contributed by atoms with Crippen LogP contribution in [0.25, 0.3) is 0 Å². The third kappa shape index (κ3) is 4.97. The average Bonchev–Trinajstić information content (AvgIpc) is 2.47. The van der Waals surface area contributed by atoms with Crippen molar-refractivity contribution < 1.29 is 9.53 Å². The molecule has 0 spiro atoms. The normalized spacial score (nSPS) is 13.8. The highest BCUT2D eigenvalue weighted by molar-refractivity contribution is 5.75. The quantitative estimate of drug-likeness (QED) is 0.737. The van der Waals surface area contributed by atoms with Gasteiger partial charge in [-0.2, -0.15) is 0 Å². The van der Waals surface area contributed by atoms with Crippen LogP contribution in [0.2, 0.25) is 0 Å². The smallest absolute Gasteiger partial charge is 0.323 e. The Labute approximate surface area is 122 Å². The Morgan fingerprint density at radius 3 is 2.35 bits per heavy atom. The fourth-order valence-corrected chi connectivity index (χ4v) is 2.24. The molecule has 0 radical (unpaired) electrons. The fourth-order valence-electron chi connectivity index (χ4n) is 2.24. The van der Waals surface area contributed by atoms with Gasteiger partial charge < -0.3 is 4.74 Å². The minimum atomic E-state index is -0.221. The molecule has 0 aliphatic carbocycles. The van der Waals surface area contributed by atoms with E-state index in [1.165, 1.54) is 11.1 Å². The highest BCUT2D eigenvalue weighted by Crippen LogP contribution is 2.16. The molecule has 1 aromatic rings. The van der Waals surface area contributed by atoms with Crippen LogP contribution in [0, 0.1) is 0 Å². The van der Waals surface area contributed by atoms with Crippen molar-refractivity contribution in [3.8, 4) is 0 Å². The Hall–Kier alpha value is -1.35. The van der Waals surface area contributed by atoms with E-state index in [4.69, 9.17) is 4.74 Å². The lowest BCUT2D eigenvalue weighted by atomic mass is 10.0. The van der Waals surface area contributed by atoms with Gasteiger partial charge in [-0.25, -0.2) is 0 Å². The van der Waals surface area contributed by atoms with Crippen LogP contribution in [0.1, 0.15) is 57.7 Å². The number of carbonyl (C=O) groups excluding carboxylic acids is 1. The molecule has 0 aliphatic heterocycles. The van der Waals surface area contributed by atoms with Gasteiger partial charge in [-0.05, 0) is 37.8 Å². The lowest BCUT2D eigenvalue weighted by Gasteiger charge is -2.22. The van der Waals surface area contributed by atoms with E-state index in [0.717, 1.165) is 19.3 Å². The average molecular weight is 277 g/mol. The van der Waals surface area contributed by atoms with Gasteiger partial charge >= 0.3 is 5.97 Å². The van der Waals surface area contributed by atoms with E-state index < -0.39 is 0 Å². The summed E-state index contributed by atoms with van der Waals surface area (Å²) in [6.07, 6.45) is 2.80. The Balaban J connectivity index is 2.68. The number of nitrogens with one attached hydrogen (secondary N) is 1. The third-order valence-corrected chi connectivity index (χ3v) is 3.49. The Bertz CT molecular complexity index is 400. The summed E-state index contributed by atoms with van der Waals surface area (Å²) in [4.78, 5) is 11.9. The lowest BCUT2D eigenvalue weighted by molar-refractivity contribution is -0.146. The summed E-state index contributed by atoms with van der Waals surface area (Å²) in [6.45, 7) is 8.58. The van der Waals surface area contributed by atoms with Crippen LogP contribution >= 0.6 is 0 Å². The van der Waals surface area contributed by atoms with E-state index in [1.807, 2.05) is 6.92 Å². The molecular formula is C17H27NO2. The van der Waals surface area contributed by atoms with E-state index in [2.05, 4.69) is 50.4 Å². The number of hydrogen-bond donors (Lipinski definition) is 1. The highest BCUT2D eigenvalue weighted by atomic mass is 16.5. The van der Waals surface area contributed by atoms with Crippen molar-refractivity contribution in [3.05, 3.63) is 35.4 Å². The SMILES string of the molecule is CCCC(NC(C)c1ccc(CC)cc1)C(=O)OCC. The van der Waals surface area contributed by atoms with Gasteiger partial charge in [0.2, 0.25) is 0 Å². The van der Waals surface area contributed by atoms with Crippen molar-refractivity contribution >= 4 is 5.97 Å². The molecule has 1 N–H and O–H groups in total. The minimum Gasteiger partial charge on any atom is -0.465 e. The maximum atomic E-state index is 11.9. The molecule has 0 bridgehead atoms. The van der Waals surface area contributed by atoms with Gasteiger partial charge in [-0.15, -0.1) is 0 Å². The summed E-state index contributed by atoms with van der Waals surface area (Å²) in [5, 5.41) is 3.38. The van der Waals surface area contributed by atoms with Gasteiger partial charge in [0.1, 0.15) is 6.04 Å². The molecule has 3 nitrogen and oxygen atoms in total. The van der Waals surface area contributed by atoms with Crippen molar-refractivity contribution in [1.29, 1.82) is 0 Å². The van der Waals surface area contributed by atoms with Crippen LogP contribution in [-0.4, -0.2) is 18.6 Å². The molecule has 0 amide bonds. The van der Waals surface area contributed by atoms with Crippen LogP contribution in [0.15, 0.2) is 24.3 Å². The number of aryl methyl sites for hydroxylation is 1. The van der Waals surface area contributed by atoms with Gasteiger partial charge in [0.25, 0.3) is 0 Å². The number of hydrogen-bond acceptors (Lipinski definition) is 3. The molecule has 20 heavy (non-hydrogen) atoms. The summed E-state index contributed by atoms with van der Waals surface area (Å²) in [6, 6.07) is 8.47. The fraction of sp³-hybridized carbons (Fsp3) is 0.588. The van der Waals surface area contributed by atoms with Gasteiger partial charge in [-0.3, -0.25) is 10.1 Å². The Morgan fingerprint density at radius 2 is 1.85 bits per heavy atom. The van der Waals surface area contributed by atoms with E-state index >= 15 is 0 Å². The predicted octanol–water partition coefficient (Wildman–Crippen LogP) is 3.63. The monoisotopic (exact) mass is 277 g/mol. The van der Waals surface area contributed by atoms with Crippen molar-refractivity contribution in [2.45, 2.75) is 59.0 Å². The summed E-state index contributed by atoms with van der Waals surface area (Å²) in [5.41, 5.74) is 2.53. The number of ether oxygens (including phenoxy) is 1. The molecule has 3 heteroatoms. The van der Waals surface area contributed by atoms with Gasteiger partial charge in [0, 0.05) is 6.04 Å². The van der Waals surface area contributed by atoms with Crippen LogP contribution in [0.3, 0.4) is 0 Å². The summed E-state index contributed by atoms with van der Waals surface area (Å²) in [5.74, 6) is -0.147. The first kappa shape index (κ1) is 16.7. The molecular weight excluding hydrogens is 250 g/mol. The minimum absolute atomic E-state index is 0.141. The second kappa shape index (κ2) is 8.75. The standard InChI is InChI=1S/C17H27NO2/c1-5-8-16(17(19)20-7-3)18-13(4)15-11-9-14(6-2)10-12-15/h9-13,16,18H,5-8H2,1-4H3. The topological polar surface area (TPSA) is 38.3 Å². The van der Waals surface area contributed by atoms with Crippen LogP contribution in [-0.2, 0) is 16.0 Å². The van der Waals surface area contributed by atoms with Crippen molar-refractivity contribution in [3.63, 3.8) is 0 Å². The predicted molar refractivity (Wildman–Crippen MR) is 82.7 cm³/mol. The molecule has 0 heterocycles. The first-order valence-corrected chi connectivity index (χ1v) is 7.63. The zero-order valence-electron chi connectivity index (χ0n) is 13.1. The number of rotatable bonds is 8. The van der Waals surface area contributed by atoms with E-state index in [9.17, 15) is 4.79 Å². The molecule has 112 valence electrons. The Kier molecular flexibility index (Phi) is 7.31. The maximum Gasteiger partial charge on any atom is 0.323 e. The van der Waals surface area contributed by atoms with E-state index in [0.29, 0.717) is 6.61 Å². The molecule has 0 aliphatic rings. The van der Waals surface area contributed by atoms with Gasteiger partial charge in [0.05, 0.1) is 6.61 Å². The van der Waals surface area contributed by atoms with E-state index in [1.54, 1.807) is 0 Å². The molecule has 2 unspecified atom stereocenters. The third-order valence-electron chi connectivity index (χ3n) is 3.49. The van der Waals surface area contributed by atoms with Crippen LogP contribution in [0.4, 0.5) is 0 Å². The lowest BCUT2D eigenvalue weighted by Crippen LogP contribution is -2.39. The second-order valence-electron chi connectivity index (χ2n) is 5.08. The zero-order valence-corrected chi connectivity index (χ0v) is 13.1. The Morgan fingerprint density at radius 1 is 1.20 bits per heavy atom. The molecule has 2 atom stereocenters. The number of esters is 1. The first-order chi connectivity index (χ1) is 9.62. The molecule has 1 aromatic carbocycles. The molecule has 0 saturated heterocycles. The van der Waals surface area contributed by atoms with Crippen LogP contribution in [0.5, 0.6) is 0 Å². The van der Waals surface area contributed by atoms with Crippen molar-refractivity contribution in [2.75, 3.05) is 6.61 Å². The molecule has 0 fully saturated rings. The summed E-state index contributed by atoms with van der Waals surface area (Å²) < 4.78 is 5.13. The largest absolute Gasteiger partial charge is 0.465 e. The molecule has 1 rings (SSSR count). The number of benzene rings is 1. The maximum absolute atomic E-state index is 11.9. The first-order valence-electron chi connectivity index (χ1n) is 7.63. The van der Waals surface area contributed by atoms with Gasteiger partial charge in [0.15, 0.2) is 0 Å². The van der Waals surface area contributed by atoms with E-state index in [-0.39, 0.29) is 18.1 Å². The highest BCUT2D eigenvalue weighted by Gasteiger charge is 2.21. The summed E-state index contributed by atoms with van der Waals surface area (Å²) >= 11 is 0. The van der Waals surface area contributed by atoms with Gasteiger partial charge in [-0.1, -0.05) is 44.5 Å². The second-order valence-corrected chi connectivity index (χ2v) is 5.08. The molecule has 0 aromatic heterocycles. The van der Waals surface area contributed by atoms with Crippen LogP contribution < -0.4 is 5.32 Å². The summed E-state index contributed by atoms with van der Waals surface area (Å²) in [7, 11) is 0. The molecule has 0 saturated carbocycles. The van der Waals surface area contributed by atoms with Crippen molar-refractivity contribution in [2.24, 2.45) is 0 Å². The van der Waals surface area contributed by atoms with Crippen molar-refractivity contribution in [1.82, 2.24) is 5.32 Å². The zero-order chi connectivity index (χ0) is 15.0.